The van der Waals surface area contributed by atoms with Crippen LogP contribution in [0.1, 0.15) is 5.56 Å². The highest BCUT2D eigenvalue weighted by Crippen LogP contribution is 2.35. The Labute approximate surface area is 149 Å². The first-order chi connectivity index (χ1) is 12.2. The number of hydrogen-bond acceptors (Lipinski definition) is 5. The third kappa shape index (κ3) is 3.99. The van der Waals surface area contributed by atoms with Gasteiger partial charge in [-0.25, -0.2) is 0 Å². The molecule has 0 atom stereocenters. The second kappa shape index (κ2) is 7.54. The number of H-pyrrole nitrogens is 1. The van der Waals surface area contributed by atoms with Gasteiger partial charge in [0.2, 0.25) is 11.0 Å². The Morgan fingerprint density at radius 2 is 1.96 bits per heavy atom. The normalized spacial score (nSPS) is 11.4. The zero-order valence-corrected chi connectivity index (χ0v) is 14.1. The minimum absolute atomic E-state index is 0.0607. The van der Waals surface area contributed by atoms with Crippen molar-refractivity contribution in [1.82, 2.24) is 10.4 Å². The molecule has 0 spiro atoms. The van der Waals surface area contributed by atoms with Crippen molar-refractivity contribution in [2.24, 2.45) is 15.3 Å². The second-order valence-corrected chi connectivity index (χ2v) is 5.40. The Morgan fingerprint density at radius 3 is 2.72 bits per heavy atom. The summed E-state index contributed by atoms with van der Waals surface area (Å²) in [7, 11) is 1.61. The fraction of sp³-hybridized carbons (Fsp3) is 0.0588. The van der Waals surface area contributed by atoms with E-state index in [0.717, 1.165) is 22.2 Å². The van der Waals surface area contributed by atoms with Gasteiger partial charge in [0.05, 0.1) is 18.8 Å². The van der Waals surface area contributed by atoms with Crippen molar-refractivity contribution < 1.29 is 9.84 Å². The van der Waals surface area contributed by atoms with Crippen LogP contribution < -0.4 is 10.2 Å². The summed E-state index contributed by atoms with van der Waals surface area (Å²) in [5.74, 6) is 0.711. The molecule has 0 aliphatic heterocycles. The lowest BCUT2D eigenvalue weighted by atomic mass is 10.2. The molecule has 3 aromatic rings. The van der Waals surface area contributed by atoms with Gasteiger partial charge in [-0.3, -0.25) is 5.43 Å². The molecule has 0 aliphatic carbocycles. The van der Waals surface area contributed by atoms with E-state index >= 15 is 0 Å². The van der Waals surface area contributed by atoms with Crippen LogP contribution in [0.3, 0.4) is 0 Å². The van der Waals surface area contributed by atoms with Gasteiger partial charge < -0.3 is 14.8 Å². The van der Waals surface area contributed by atoms with E-state index in [-0.39, 0.29) is 11.0 Å². The van der Waals surface area contributed by atoms with E-state index in [9.17, 15) is 5.11 Å². The van der Waals surface area contributed by atoms with Gasteiger partial charge >= 0.3 is 0 Å². The summed E-state index contributed by atoms with van der Waals surface area (Å²) in [6.07, 6.45) is 1.60. The summed E-state index contributed by atoms with van der Waals surface area (Å²) in [5, 5.41) is 22.6. The van der Waals surface area contributed by atoms with E-state index in [4.69, 9.17) is 17.0 Å². The highest BCUT2D eigenvalue weighted by molar-refractivity contribution is 7.80. The molecule has 25 heavy (non-hydrogen) atoms. The molecule has 0 aliphatic rings. The minimum atomic E-state index is -0.0607. The molecule has 0 unspecified atom stereocenters. The molecule has 0 radical (unpaired) electrons. The summed E-state index contributed by atoms with van der Waals surface area (Å²) in [5.41, 5.74) is 4.59. The molecule has 3 rings (SSSR count). The second-order valence-electron chi connectivity index (χ2n) is 5.02. The van der Waals surface area contributed by atoms with Crippen molar-refractivity contribution in [1.29, 1.82) is 0 Å². The summed E-state index contributed by atoms with van der Waals surface area (Å²) in [6, 6.07) is 14.8. The van der Waals surface area contributed by atoms with Gasteiger partial charge in [0.15, 0.2) is 5.69 Å². The average molecular weight is 353 g/mol. The number of nitrogens with one attached hydrogen (secondary N) is 2. The van der Waals surface area contributed by atoms with Crippen LogP contribution in [-0.4, -0.2) is 28.5 Å². The molecule has 8 heteroatoms. The number of benzene rings is 2. The summed E-state index contributed by atoms with van der Waals surface area (Å²) < 4.78 is 5.09. The summed E-state index contributed by atoms with van der Waals surface area (Å²) >= 11 is 5.05. The van der Waals surface area contributed by atoms with Gasteiger partial charge in [-0.15, -0.1) is 10.2 Å². The summed E-state index contributed by atoms with van der Waals surface area (Å²) in [4.78, 5) is 2.82. The monoisotopic (exact) mass is 353 g/mol. The van der Waals surface area contributed by atoms with E-state index in [0.29, 0.717) is 5.69 Å². The largest absolute Gasteiger partial charge is 0.497 e. The lowest BCUT2D eigenvalue weighted by molar-refractivity contribution is 0.415. The zero-order chi connectivity index (χ0) is 17.6. The molecule has 0 saturated heterocycles. The molecule has 0 amide bonds. The van der Waals surface area contributed by atoms with Crippen molar-refractivity contribution >= 4 is 40.1 Å². The molecule has 1 heterocycles. The molecular formula is C17H15N5O2S. The first kappa shape index (κ1) is 16.6. The lowest BCUT2D eigenvalue weighted by Gasteiger charge is -1.99. The number of ether oxygens (including phenoxy) is 1. The zero-order valence-electron chi connectivity index (χ0n) is 13.3. The van der Waals surface area contributed by atoms with Crippen LogP contribution in [0.15, 0.2) is 63.9 Å². The number of aromatic hydroxyl groups is 1. The van der Waals surface area contributed by atoms with Crippen LogP contribution in [-0.2, 0) is 0 Å². The number of nitrogens with zero attached hydrogens (tertiary/aromatic N) is 3. The van der Waals surface area contributed by atoms with Crippen LogP contribution in [0.5, 0.6) is 11.6 Å². The van der Waals surface area contributed by atoms with Crippen molar-refractivity contribution in [3.63, 3.8) is 0 Å². The maximum Gasteiger partial charge on any atom is 0.234 e. The van der Waals surface area contributed by atoms with Gasteiger partial charge in [-0.2, -0.15) is 5.10 Å². The van der Waals surface area contributed by atoms with Gasteiger partial charge in [0, 0.05) is 5.39 Å². The average Bonchev–Trinajstić information content (AvgIpc) is 2.95. The van der Waals surface area contributed by atoms with Crippen LogP contribution in [0.4, 0.5) is 5.69 Å². The number of azo groups is 1. The molecule has 0 saturated carbocycles. The van der Waals surface area contributed by atoms with Gasteiger partial charge in [-0.1, -0.05) is 18.2 Å². The number of hydrogen-bond donors (Lipinski definition) is 3. The Hall–Kier alpha value is -3.26. The number of aromatic nitrogens is 1. The van der Waals surface area contributed by atoms with E-state index in [1.165, 1.54) is 0 Å². The maximum atomic E-state index is 9.90. The van der Waals surface area contributed by atoms with E-state index in [1.807, 2.05) is 48.5 Å². The van der Waals surface area contributed by atoms with Gasteiger partial charge in [-0.05, 0) is 48.1 Å². The minimum Gasteiger partial charge on any atom is -0.497 e. The third-order valence-electron chi connectivity index (χ3n) is 3.39. The Balaban J connectivity index is 1.64. The van der Waals surface area contributed by atoms with Crippen molar-refractivity contribution in [2.75, 3.05) is 7.11 Å². The molecular weight excluding hydrogens is 338 g/mol. The van der Waals surface area contributed by atoms with Gasteiger partial charge in [0.1, 0.15) is 5.75 Å². The number of methoxy groups -OCH3 is 1. The van der Waals surface area contributed by atoms with Crippen molar-refractivity contribution in [3.05, 3.63) is 54.1 Å². The van der Waals surface area contributed by atoms with Crippen LogP contribution in [0, 0.1) is 0 Å². The van der Waals surface area contributed by atoms with Crippen LogP contribution >= 0.6 is 12.2 Å². The molecule has 7 nitrogen and oxygen atoms in total. The maximum absolute atomic E-state index is 9.90. The molecule has 1 aromatic heterocycles. The number of rotatable bonds is 4. The number of para-hydroxylation sites is 1. The number of hydrazone groups is 1. The third-order valence-corrected chi connectivity index (χ3v) is 3.56. The van der Waals surface area contributed by atoms with Crippen molar-refractivity contribution in [3.8, 4) is 11.6 Å². The number of fused-ring (bicyclic) bond motifs is 1. The van der Waals surface area contributed by atoms with Crippen LogP contribution in [0.25, 0.3) is 10.9 Å². The quantitative estimate of drug-likeness (QED) is 0.287. The van der Waals surface area contributed by atoms with E-state index in [1.54, 1.807) is 13.3 Å². The predicted octanol–water partition coefficient (Wildman–Crippen LogP) is 3.87. The van der Waals surface area contributed by atoms with E-state index < -0.39 is 0 Å². The van der Waals surface area contributed by atoms with E-state index in [2.05, 4.69) is 25.7 Å². The van der Waals surface area contributed by atoms with Crippen molar-refractivity contribution in [2.45, 2.75) is 0 Å². The summed E-state index contributed by atoms with van der Waals surface area (Å²) in [6.45, 7) is 0. The topological polar surface area (TPSA) is 94.4 Å². The Morgan fingerprint density at radius 1 is 1.20 bits per heavy atom. The highest BCUT2D eigenvalue weighted by Gasteiger charge is 2.09. The SMILES string of the molecule is COc1ccc(/C=N/NC(=S)N=Nc2c(O)[nH]c3ccccc23)cc1. The molecule has 0 bridgehead atoms. The lowest BCUT2D eigenvalue weighted by Crippen LogP contribution is -2.11. The predicted molar refractivity (Wildman–Crippen MR) is 101 cm³/mol. The number of aromatic amines is 1. The Kier molecular flexibility index (Phi) is 5.00. The number of thiocarbonyl (C=S) groups is 1. The van der Waals surface area contributed by atoms with Crippen LogP contribution in [0.2, 0.25) is 0 Å². The first-order valence-corrected chi connectivity index (χ1v) is 7.76. The smallest absolute Gasteiger partial charge is 0.234 e. The molecule has 2 aromatic carbocycles. The molecule has 126 valence electrons. The fourth-order valence-corrected chi connectivity index (χ4v) is 2.28. The molecule has 3 N–H and O–H groups in total. The first-order valence-electron chi connectivity index (χ1n) is 7.36. The standard InChI is InChI=1S/C17H15N5O2S/c1-24-12-8-6-11(7-9-12)10-18-21-17(25)22-20-15-13-4-2-3-5-14(13)19-16(15)23/h2-10,19,23H,1H3,(H,21,25)/b18-10+,22-20?. The fourth-order valence-electron chi connectivity index (χ4n) is 2.18. The highest BCUT2D eigenvalue weighted by atomic mass is 32.1. The van der Waals surface area contributed by atoms with Gasteiger partial charge in [0.25, 0.3) is 0 Å². The Bertz CT molecular complexity index is 947. The molecule has 0 fully saturated rings.